The van der Waals surface area contributed by atoms with Gasteiger partial charge in [-0.2, -0.15) is 0 Å². The molecule has 0 aliphatic rings. The number of thioether (sulfide) groups is 1. The average Bonchev–Trinajstić information content (AvgIpc) is 2.28. The fourth-order valence-electron chi connectivity index (χ4n) is 1.28. The molecule has 16 heavy (non-hydrogen) atoms. The van der Waals surface area contributed by atoms with Gasteiger partial charge in [-0.25, -0.2) is 0 Å². The van der Waals surface area contributed by atoms with E-state index in [1.165, 1.54) is 10.5 Å². The smallest absolute Gasteiger partial charge is 0.119 e. The molecule has 0 spiro atoms. The van der Waals surface area contributed by atoms with E-state index in [2.05, 4.69) is 26.8 Å². The van der Waals surface area contributed by atoms with Crippen LogP contribution in [-0.2, 0) is 6.54 Å². The third-order valence-corrected chi connectivity index (χ3v) is 4.30. The summed E-state index contributed by atoms with van der Waals surface area (Å²) < 4.78 is 5.24. The van der Waals surface area contributed by atoms with Crippen LogP contribution < -0.4 is 10.5 Å². The van der Waals surface area contributed by atoms with Gasteiger partial charge in [-0.05, 0) is 23.6 Å². The number of hydrogen-bond donors (Lipinski definition) is 1. The lowest BCUT2D eigenvalue weighted by atomic mass is 10.2. The van der Waals surface area contributed by atoms with Crippen molar-refractivity contribution in [1.82, 2.24) is 0 Å². The lowest BCUT2D eigenvalue weighted by Gasteiger charge is -2.17. The molecular formula is C13H21NOS. The van der Waals surface area contributed by atoms with Gasteiger partial charge >= 0.3 is 0 Å². The SMILES string of the molecule is COc1ccc(CN)c(SC(C)C(C)C)c1. The fraction of sp³-hybridized carbons (Fsp3) is 0.538. The summed E-state index contributed by atoms with van der Waals surface area (Å²) in [6.45, 7) is 7.30. The predicted octanol–water partition coefficient (Wildman–Crippen LogP) is 3.29. The quantitative estimate of drug-likeness (QED) is 0.801. The average molecular weight is 239 g/mol. The zero-order valence-corrected chi connectivity index (χ0v) is 11.3. The summed E-state index contributed by atoms with van der Waals surface area (Å²) in [5.74, 6) is 1.55. The second kappa shape index (κ2) is 6.16. The molecule has 2 N–H and O–H groups in total. The van der Waals surface area contributed by atoms with Gasteiger partial charge in [0.05, 0.1) is 7.11 Å². The third kappa shape index (κ3) is 3.42. The number of nitrogens with two attached hydrogens (primary N) is 1. The molecule has 90 valence electrons. The Balaban J connectivity index is 2.91. The molecule has 0 aromatic heterocycles. The van der Waals surface area contributed by atoms with Crippen molar-refractivity contribution in [3.8, 4) is 5.75 Å². The molecule has 0 amide bonds. The Bertz CT molecular complexity index is 339. The standard InChI is InChI=1S/C13H21NOS/c1-9(2)10(3)16-13-7-12(15-4)6-5-11(13)8-14/h5-7,9-10H,8,14H2,1-4H3. The zero-order valence-electron chi connectivity index (χ0n) is 10.5. The predicted molar refractivity (Wildman–Crippen MR) is 71.0 cm³/mol. The maximum Gasteiger partial charge on any atom is 0.119 e. The van der Waals surface area contributed by atoms with Gasteiger partial charge in [0, 0.05) is 16.7 Å². The van der Waals surface area contributed by atoms with E-state index in [4.69, 9.17) is 10.5 Å². The van der Waals surface area contributed by atoms with Crippen LogP contribution in [0.3, 0.4) is 0 Å². The highest BCUT2D eigenvalue weighted by Crippen LogP contribution is 2.32. The van der Waals surface area contributed by atoms with Crippen molar-refractivity contribution in [1.29, 1.82) is 0 Å². The molecule has 0 saturated carbocycles. The van der Waals surface area contributed by atoms with Crippen LogP contribution in [0.1, 0.15) is 26.3 Å². The third-order valence-electron chi connectivity index (χ3n) is 2.75. The summed E-state index contributed by atoms with van der Waals surface area (Å²) in [6, 6.07) is 6.09. The normalized spacial score (nSPS) is 12.9. The minimum Gasteiger partial charge on any atom is -0.497 e. The van der Waals surface area contributed by atoms with Gasteiger partial charge in [-0.3, -0.25) is 0 Å². The molecule has 0 saturated heterocycles. The molecular weight excluding hydrogens is 218 g/mol. The molecule has 0 fully saturated rings. The monoisotopic (exact) mass is 239 g/mol. The summed E-state index contributed by atoms with van der Waals surface area (Å²) in [7, 11) is 1.69. The van der Waals surface area contributed by atoms with Gasteiger partial charge in [-0.15, -0.1) is 11.8 Å². The van der Waals surface area contributed by atoms with E-state index in [0.717, 1.165) is 5.75 Å². The van der Waals surface area contributed by atoms with Crippen LogP contribution in [-0.4, -0.2) is 12.4 Å². The van der Waals surface area contributed by atoms with E-state index in [1.54, 1.807) is 7.11 Å². The Hall–Kier alpha value is -0.670. The van der Waals surface area contributed by atoms with Crippen LogP contribution in [0.2, 0.25) is 0 Å². The van der Waals surface area contributed by atoms with Crippen LogP contribution in [0, 0.1) is 5.92 Å². The van der Waals surface area contributed by atoms with Gasteiger partial charge in [-0.1, -0.05) is 26.8 Å². The molecule has 1 rings (SSSR count). The Morgan fingerprint density at radius 1 is 1.31 bits per heavy atom. The first-order valence-electron chi connectivity index (χ1n) is 5.62. The van der Waals surface area contributed by atoms with E-state index in [1.807, 2.05) is 23.9 Å². The second-order valence-corrected chi connectivity index (χ2v) is 5.66. The van der Waals surface area contributed by atoms with Crippen LogP contribution in [0.25, 0.3) is 0 Å². The van der Waals surface area contributed by atoms with E-state index in [9.17, 15) is 0 Å². The Kier molecular flexibility index (Phi) is 5.16. The molecule has 0 radical (unpaired) electrons. The van der Waals surface area contributed by atoms with E-state index < -0.39 is 0 Å². The van der Waals surface area contributed by atoms with Crippen molar-refractivity contribution in [3.05, 3.63) is 23.8 Å². The van der Waals surface area contributed by atoms with E-state index in [-0.39, 0.29) is 0 Å². The minimum absolute atomic E-state index is 0.580. The lowest BCUT2D eigenvalue weighted by Crippen LogP contribution is -2.07. The van der Waals surface area contributed by atoms with E-state index in [0.29, 0.717) is 17.7 Å². The summed E-state index contributed by atoms with van der Waals surface area (Å²) in [4.78, 5) is 1.24. The van der Waals surface area contributed by atoms with Crippen LogP contribution in [0.5, 0.6) is 5.75 Å². The largest absolute Gasteiger partial charge is 0.497 e. The highest BCUT2D eigenvalue weighted by atomic mass is 32.2. The van der Waals surface area contributed by atoms with Crippen LogP contribution in [0.15, 0.2) is 23.1 Å². The van der Waals surface area contributed by atoms with Crippen molar-refractivity contribution in [2.75, 3.05) is 7.11 Å². The first kappa shape index (κ1) is 13.4. The number of methoxy groups -OCH3 is 1. The first-order valence-corrected chi connectivity index (χ1v) is 6.50. The highest BCUT2D eigenvalue weighted by Gasteiger charge is 2.12. The maximum atomic E-state index is 5.74. The van der Waals surface area contributed by atoms with Gasteiger partial charge in [0.2, 0.25) is 0 Å². The summed E-state index contributed by atoms with van der Waals surface area (Å²) in [5, 5.41) is 0.581. The molecule has 3 heteroatoms. The minimum atomic E-state index is 0.580. The second-order valence-electron chi connectivity index (χ2n) is 4.24. The van der Waals surface area contributed by atoms with Crippen molar-refractivity contribution < 1.29 is 4.74 Å². The molecule has 1 atom stereocenters. The summed E-state index contributed by atoms with van der Waals surface area (Å²) in [5.41, 5.74) is 6.93. The van der Waals surface area contributed by atoms with Gasteiger partial charge in [0.1, 0.15) is 5.75 Å². The molecule has 0 aliphatic carbocycles. The van der Waals surface area contributed by atoms with Gasteiger partial charge in [0.25, 0.3) is 0 Å². The molecule has 2 nitrogen and oxygen atoms in total. The topological polar surface area (TPSA) is 35.2 Å². The van der Waals surface area contributed by atoms with E-state index >= 15 is 0 Å². The molecule has 1 aromatic carbocycles. The first-order chi connectivity index (χ1) is 7.58. The molecule has 0 aliphatic heterocycles. The highest BCUT2D eigenvalue weighted by molar-refractivity contribution is 8.00. The molecule has 1 aromatic rings. The van der Waals surface area contributed by atoms with Gasteiger partial charge in [0.15, 0.2) is 0 Å². The van der Waals surface area contributed by atoms with Gasteiger partial charge < -0.3 is 10.5 Å². The van der Waals surface area contributed by atoms with Crippen LogP contribution >= 0.6 is 11.8 Å². The zero-order chi connectivity index (χ0) is 12.1. The van der Waals surface area contributed by atoms with Crippen molar-refractivity contribution in [2.24, 2.45) is 11.7 Å². The lowest BCUT2D eigenvalue weighted by molar-refractivity contribution is 0.413. The van der Waals surface area contributed by atoms with Crippen molar-refractivity contribution >= 4 is 11.8 Å². The Labute approximate surface area is 103 Å². The molecule has 0 bridgehead atoms. The molecule has 0 heterocycles. The number of benzene rings is 1. The van der Waals surface area contributed by atoms with Crippen LogP contribution in [0.4, 0.5) is 0 Å². The van der Waals surface area contributed by atoms with Crippen molar-refractivity contribution in [3.63, 3.8) is 0 Å². The fourth-order valence-corrected chi connectivity index (χ4v) is 2.44. The number of hydrogen-bond acceptors (Lipinski definition) is 3. The number of rotatable bonds is 5. The summed E-state index contributed by atoms with van der Waals surface area (Å²) in [6.07, 6.45) is 0. The Morgan fingerprint density at radius 3 is 2.50 bits per heavy atom. The Morgan fingerprint density at radius 2 is 2.00 bits per heavy atom. The number of ether oxygens (including phenoxy) is 1. The molecule has 1 unspecified atom stereocenters. The maximum absolute atomic E-state index is 5.74. The summed E-state index contributed by atoms with van der Waals surface area (Å²) >= 11 is 1.87. The van der Waals surface area contributed by atoms with Crippen molar-refractivity contribution in [2.45, 2.75) is 37.5 Å².